The van der Waals surface area contributed by atoms with Crippen LogP contribution in [0.2, 0.25) is 0 Å². The molecule has 6 amide bonds. The van der Waals surface area contributed by atoms with E-state index in [4.69, 9.17) is 19.7 Å². The molecule has 7 N–H and O–H groups in total. The van der Waals surface area contributed by atoms with Gasteiger partial charge in [0.2, 0.25) is 11.8 Å². The van der Waals surface area contributed by atoms with Crippen molar-refractivity contribution < 1.29 is 51.8 Å². The molecule has 1 unspecified atom stereocenters. The third-order valence-electron chi connectivity index (χ3n) is 11.7. The van der Waals surface area contributed by atoms with Crippen LogP contribution in [0.1, 0.15) is 106 Å². The topological polar surface area (TPSA) is 294 Å². The van der Waals surface area contributed by atoms with Crippen LogP contribution in [0.5, 0.6) is 0 Å². The summed E-state index contributed by atoms with van der Waals surface area (Å²) in [6, 6.07) is 8.87. The van der Waals surface area contributed by atoms with Gasteiger partial charge in [0, 0.05) is 46.1 Å². The number of thiazole rings is 6. The zero-order valence-electron chi connectivity index (χ0n) is 41.9. The monoisotopic (exact) mass is 1190 g/mol. The lowest BCUT2D eigenvalue weighted by molar-refractivity contribution is -0.167. The average Bonchev–Trinajstić information content (AvgIpc) is 4.35. The number of carbonyl (C=O) groups is 6. The third kappa shape index (κ3) is 12.8. The summed E-state index contributed by atoms with van der Waals surface area (Å²) >= 11 is 6.57. The van der Waals surface area contributed by atoms with Crippen LogP contribution in [0.25, 0.3) is 43.4 Å². The second kappa shape index (κ2) is 24.0. The standard InChI is InChI=1S/C49H44F3N13O8S6/c1-20(2)33-47-65-36(29(79-47)15-73-5)40(70)54-14-32(67)62-37(38(68)22-9-7-6-8-10-22)46-59-28(18-76-46)44-57-26(16-75-44)35-23(11-12-24(55-35)43-60-30(19-77-43)61-48(72)49(50,51)52)42-58-27(17-74-42)39(69)56-25(13-31(66)53-4)45-64-34(21(3)78-45)41(71)63-33/h6-12,16-20,25,33,37-38,68H,13-15H2,1-5H3,(H,53,66)(H,54,70)(H,56,69)(H,61,72)(H,62,67)(H,63,71)/t25-,33?,37-,38-/m0/s1. The highest BCUT2D eigenvalue weighted by Gasteiger charge is 2.39. The summed E-state index contributed by atoms with van der Waals surface area (Å²) in [5.74, 6) is -5.90. The van der Waals surface area contributed by atoms with Gasteiger partial charge in [0.1, 0.15) is 82.2 Å². The van der Waals surface area contributed by atoms with E-state index in [1.54, 1.807) is 65.5 Å². The molecule has 4 atom stereocenters. The summed E-state index contributed by atoms with van der Waals surface area (Å²) in [6.07, 6.45) is -6.73. The van der Waals surface area contributed by atoms with Gasteiger partial charge in [0.15, 0.2) is 0 Å². The Morgan fingerprint density at radius 3 is 2.15 bits per heavy atom. The normalized spacial score (nSPS) is 16.8. The molecule has 0 aliphatic carbocycles. The number of methoxy groups -OCH3 is 1. The molecule has 1 aliphatic rings. The number of rotatable bonds is 9. The van der Waals surface area contributed by atoms with Gasteiger partial charge in [-0.1, -0.05) is 44.2 Å². The zero-order chi connectivity index (χ0) is 56.3. The third-order valence-corrected chi connectivity index (χ3v) is 17.5. The number of nitrogens with zero attached hydrogens (tertiary/aromatic N) is 7. The molecule has 0 saturated heterocycles. The van der Waals surface area contributed by atoms with Gasteiger partial charge in [-0.15, -0.1) is 68.0 Å². The summed E-state index contributed by atoms with van der Waals surface area (Å²) < 4.78 is 44.8. The number of pyridine rings is 1. The predicted octanol–water partition coefficient (Wildman–Crippen LogP) is 7.81. The fourth-order valence-corrected chi connectivity index (χ4v) is 13.3. The van der Waals surface area contributed by atoms with Crippen LogP contribution >= 0.6 is 68.0 Å². The lowest BCUT2D eigenvalue weighted by Gasteiger charge is -2.23. The number of nitrogens with one attached hydrogen (secondary N) is 6. The van der Waals surface area contributed by atoms with E-state index < -0.39 is 72.4 Å². The maximum Gasteiger partial charge on any atom is 0.471 e. The first-order chi connectivity index (χ1) is 37.8. The van der Waals surface area contributed by atoms with Crippen LogP contribution in [0.15, 0.2) is 64.0 Å². The minimum absolute atomic E-state index is 0.0185. The van der Waals surface area contributed by atoms with Crippen molar-refractivity contribution >= 4 is 109 Å². The highest BCUT2D eigenvalue weighted by Crippen LogP contribution is 2.40. The number of aromatic nitrogens is 7. The predicted molar refractivity (Wildman–Crippen MR) is 292 cm³/mol. The van der Waals surface area contributed by atoms with E-state index in [1.807, 2.05) is 13.8 Å². The molecule has 1 aromatic carbocycles. The number of alkyl halides is 3. The van der Waals surface area contributed by atoms with Crippen molar-refractivity contribution in [2.45, 2.75) is 64.2 Å². The SMILES string of the molecule is CNC(=O)C[C@@H]1NC(=O)c2csc(n2)-c2ccc(-c3nc(NC(=O)C(F)(F)F)cs3)nc2-c2csc(n2)-c2csc(n2)[C@H]([C@@H](O)c2ccccc2)NC(=O)CNC(=O)c2nc(sc2COC)C(C(C)C)NC(=O)c2nc1sc2C. The summed E-state index contributed by atoms with van der Waals surface area (Å²) in [7, 11) is 2.89. The molecule has 0 radical (unpaired) electrons. The highest BCUT2D eigenvalue weighted by atomic mass is 32.1. The van der Waals surface area contributed by atoms with E-state index in [-0.39, 0.29) is 73.9 Å². The van der Waals surface area contributed by atoms with E-state index in [0.717, 1.165) is 56.7 Å². The fraction of sp³-hybridized carbons (Fsp3) is 0.286. The van der Waals surface area contributed by atoms with Gasteiger partial charge < -0.3 is 41.7 Å². The Bertz CT molecular complexity index is 3590. The van der Waals surface area contributed by atoms with Crippen LogP contribution < -0.4 is 31.9 Å². The van der Waals surface area contributed by atoms with Crippen LogP contribution in [-0.2, 0) is 25.7 Å². The van der Waals surface area contributed by atoms with Gasteiger partial charge in [0.05, 0.1) is 42.2 Å². The van der Waals surface area contributed by atoms with Gasteiger partial charge in [-0.05, 0) is 30.5 Å². The van der Waals surface area contributed by atoms with Crippen LogP contribution in [0.4, 0.5) is 19.0 Å². The van der Waals surface area contributed by atoms with Crippen molar-refractivity contribution in [2.24, 2.45) is 5.92 Å². The molecule has 8 heterocycles. The quantitative estimate of drug-likeness (QED) is 0.0725. The number of fused-ring (bicyclic) bond motifs is 14. The van der Waals surface area contributed by atoms with Crippen molar-refractivity contribution in [3.63, 3.8) is 0 Å². The van der Waals surface area contributed by atoms with Gasteiger partial charge in [-0.25, -0.2) is 34.9 Å². The fourth-order valence-electron chi connectivity index (χ4n) is 7.83. The number of anilines is 1. The number of ether oxygens (including phenoxy) is 1. The molecule has 30 heteroatoms. The number of aryl methyl sites for hydroxylation is 1. The second-order valence-corrected chi connectivity index (χ2v) is 23.4. The molecule has 0 saturated carbocycles. The van der Waals surface area contributed by atoms with Gasteiger partial charge in [0.25, 0.3) is 17.7 Å². The summed E-state index contributed by atoms with van der Waals surface area (Å²) in [5, 5.41) is 35.3. The Kier molecular flexibility index (Phi) is 17.1. The van der Waals surface area contributed by atoms with Gasteiger partial charge >= 0.3 is 12.1 Å². The summed E-state index contributed by atoms with van der Waals surface area (Å²) in [6.45, 7) is 4.83. The van der Waals surface area contributed by atoms with Crippen LogP contribution in [-0.4, -0.2) is 102 Å². The van der Waals surface area contributed by atoms with Crippen molar-refractivity contribution in [3.05, 3.63) is 111 Å². The number of aliphatic hydroxyl groups is 1. The first-order valence-corrected chi connectivity index (χ1v) is 28.7. The minimum atomic E-state index is -5.16. The zero-order valence-corrected chi connectivity index (χ0v) is 46.8. The van der Waals surface area contributed by atoms with Crippen molar-refractivity contribution in [1.82, 2.24) is 61.5 Å². The molecule has 10 bridgehead atoms. The average molecular weight is 1190 g/mol. The minimum Gasteiger partial charge on any atom is -0.386 e. The maximum atomic E-state index is 14.2. The number of benzene rings is 1. The number of carbonyl (C=O) groups excluding carboxylic acids is 6. The number of hydrogen-bond donors (Lipinski definition) is 7. The molecule has 7 aromatic heterocycles. The Morgan fingerprint density at radius 1 is 0.722 bits per heavy atom. The molecule has 0 fully saturated rings. The molecule has 21 nitrogen and oxygen atoms in total. The van der Waals surface area contributed by atoms with Crippen molar-refractivity contribution in [1.29, 1.82) is 0 Å². The smallest absolute Gasteiger partial charge is 0.386 e. The number of aliphatic hydroxyl groups excluding tert-OH is 1. The lowest BCUT2D eigenvalue weighted by atomic mass is 10.0. The molecule has 79 heavy (non-hydrogen) atoms. The molecule has 8 aromatic rings. The summed E-state index contributed by atoms with van der Waals surface area (Å²) in [4.78, 5) is 114. The Morgan fingerprint density at radius 2 is 1.42 bits per heavy atom. The first kappa shape index (κ1) is 56.4. The molecule has 1 aliphatic heterocycles. The van der Waals surface area contributed by atoms with E-state index in [2.05, 4.69) is 46.5 Å². The van der Waals surface area contributed by atoms with E-state index in [9.17, 15) is 47.0 Å². The van der Waals surface area contributed by atoms with E-state index in [0.29, 0.717) is 41.6 Å². The first-order valence-electron chi connectivity index (χ1n) is 23.6. The van der Waals surface area contributed by atoms with E-state index >= 15 is 0 Å². The van der Waals surface area contributed by atoms with Crippen molar-refractivity contribution in [3.8, 4) is 43.4 Å². The maximum absolute atomic E-state index is 14.2. The number of amides is 6. The van der Waals surface area contributed by atoms with Gasteiger partial charge in [-0.3, -0.25) is 28.8 Å². The Labute approximate surface area is 470 Å². The van der Waals surface area contributed by atoms with Crippen LogP contribution in [0.3, 0.4) is 0 Å². The molecular weight excluding hydrogens is 1150 g/mol. The van der Waals surface area contributed by atoms with Crippen LogP contribution in [0, 0.1) is 12.8 Å². The Balaban J connectivity index is 1.13. The molecule has 410 valence electrons. The van der Waals surface area contributed by atoms with Crippen molar-refractivity contribution in [2.75, 3.05) is 26.0 Å². The summed E-state index contributed by atoms with van der Waals surface area (Å²) in [5.41, 5.74) is 1.85. The number of hydrogen-bond acceptors (Lipinski definition) is 21. The largest absolute Gasteiger partial charge is 0.471 e. The van der Waals surface area contributed by atoms with Gasteiger partial charge in [-0.2, -0.15) is 13.2 Å². The second-order valence-electron chi connectivity index (χ2n) is 17.6. The molecular formula is C49H44F3N13O8S6. The lowest BCUT2D eigenvalue weighted by Crippen LogP contribution is -2.40. The van der Waals surface area contributed by atoms with E-state index in [1.165, 1.54) is 36.3 Å². The molecule has 9 rings (SSSR count). The molecule has 0 spiro atoms. The Hall–Kier alpha value is -7.32. The highest BCUT2D eigenvalue weighted by molar-refractivity contribution is 7.15. The number of halogens is 3.